The number of aromatic nitrogens is 2. The number of methoxy groups -OCH3 is 1. The van der Waals surface area contributed by atoms with E-state index in [2.05, 4.69) is 15.5 Å². The standard InChI is InChI=1S/C11H16ClN3O4S/c1-7-9(20(12,17)18)8(15-14-7)10(16)13-6-11(19-2)4-3-5-11/h3-6H2,1-2H3,(H,13,16)(H,14,15). The number of nitrogens with zero attached hydrogens (tertiary/aromatic N) is 1. The van der Waals surface area contributed by atoms with E-state index in [1.54, 1.807) is 7.11 Å². The lowest BCUT2D eigenvalue weighted by atomic mass is 9.80. The minimum Gasteiger partial charge on any atom is -0.376 e. The zero-order chi connectivity index (χ0) is 15.0. The van der Waals surface area contributed by atoms with Gasteiger partial charge in [-0.05, 0) is 26.2 Å². The number of nitrogens with one attached hydrogen (secondary N) is 2. The van der Waals surface area contributed by atoms with Crippen LogP contribution in [0.4, 0.5) is 0 Å². The highest BCUT2D eigenvalue weighted by Gasteiger charge is 2.38. The Balaban J connectivity index is 2.14. The Bertz CT molecular complexity index is 616. The minimum absolute atomic E-state index is 0.219. The first kappa shape index (κ1) is 15.3. The van der Waals surface area contributed by atoms with Gasteiger partial charge in [-0.1, -0.05) is 0 Å². The monoisotopic (exact) mass is 321 g/mol. The highest BCUT2D eigenvalue weighted by atomic mass is 35.7. The zero-order valence-corrected chi connectivity index (χ0v) is 12.8. The average molecular weight is 322 g/mol. The molecule has 0 radical (unpaired) electrons. The van der Waals surface area contributed by atoms with E-state index < -0.39 is 15.0 Å². The summed E-state index contributed by atoms with van der Waals surface area (Å²) in [6, 6.07) is 0. The molecule has 0 atom stereocenters. The highest BCUT2D eigenvalue weighted by molar-refractivity contribution is 8.13. The van der Waals surface area contributed by atoms with Crippen LogP contribution in [-0.2, 0) is 13.8 Å². The van der Waals surface area contributed by atoms with Gasteiger partial charge in [-0.25, -0.2) is 8.42 Å². The molecule has 1 fully saturated rings. The van der Waals surface area contributed by atoms with Gasteiger partial charge in [0, 0.05) is 24.3 Å². The van der Waals surface area contributed by atoms with Crippen molar-refractivity contribution < 1.29 is 17.9 Å². The van der Waals surface area contributed by atoms with E-state index in [1.165, 1.54) is 6.92 Å². The summed E-state index contributed by atoms with van der Waals surface area (Å²) in [5.41, 5.74) is -0.334. The fraction of sp³-hybridized carbons (Fsp3) is 0.636. The third-order valence-corrected chi connectivity index (χ3v) is 5.07. The molecule has 1 aliphatic rings. The van der Waals surface area contributed by atoms with E-state index in [1.807, 2.05) is 0 Å². The van der Waals surface area contributed by atoms with E-state index in [4.69, 9.17) is 15.4 Å². The molecule has 1 aliphatic carbocycles. The first-order valence-corrected chi connectivity index (χ1v) is 8.43. The van der Waals surface area contributed by atoms with Gasteiger partial charge in [0.25, 0.3) is 15.0 Å². The fourth-order valence-electron chi connectivity index (χ4n) is 2.22. The summed E-state index contributed by atoms with van der Waals surface area (Å²) in [6.45, 7) is 1.80. The number of H-pyrrole nitrogens is 1. The maximum Gasteiger partial charge on any atom is 0.273 e. The summed E-state index contributed by atoms with van der Waals surface area (Å²) < 4.78 is 28.3. The van der Waals surface area contributed by atoms with E-state index in [-0.39, 0.29) is 21.9 Å². The van der Waals surface area contributed by atoms with Crippen LogP contribution in [0.3, 0.4) is 0 Å². The van der Waals surface area contributed by atoms with Crippen molar-refractivity contribution in [3.63, 3.8) is 0 Å². The van der Waals surface area contributed by atoms with E-state index in [0.29, 0.717) is 6.54 Å². The van der Waals surface area contributed by atoms with Crippen molar-refractivity contribution in [2.75, 3.05) is 13.7 Å². The van der Waals surface area contributed by atoms with Crippen LogP contribution < -0.4 is 5.32 Å². The molecule has 1 aromatic heterocycles. The Morgan fingerprint density at radius 2 is 2.20 bits per heavy atom. The lowest BCUT2D eigenvalue weighted by Crippen LogP contribution is -2.49. The molecule has 1 heterocycles. The topological polar surface area (TPSA) is 101 Å². The summed E-state index contributed by atoms with van der Waals surface area (Å²) in [5.74, 6) is -0.586. The number of carbonyl (C=O) groups excluding carboxylic acids is 1. The number of carbonyl (C=O) groups is 1. The predicted molar refractivity (Wildman–Crippen MR) is 72.3 cm³/mol. The van der Waals surface area contributed by atoms with Gasteiger partial charge in [0.2, 0.25) is 0 Å². The number of hydrogen-bond acceptors (Lipinski definition) is 5. The molecule has 0 unspecified atom stereocenters. The van der Waals surface area contributed by atoms with Crippen molar-refractivity contribution >= 4 is 25.6 Å². The SMILES string of the molecule is COC1(CNC(=O)c2n[nH]c(C)c2S(=O)(=O)Cl)CCC1. The van der Waals surface area contributed by atoms with Crippen LogP contribution >= 0.6 is 10.7 Å². The van der Waals surface area contributed by atoms with Gasteiger partial charge in [-0.2, -0.15) is 5.10 Å². The molecule has 7 nitrogen and oxygen atoms in total. The first-order chi connectivity index (χ1) is 9.29. The molecule has 9 heteroatoms. The van der Waals surface area contributed by atoms with Gasteiger partial charge in [0.15, 0.2) is 5.69 Å². The summed E-state index contributed by atoms with van der Waals surface area (Å²) in [5, 5.41) is 8.82. The van der Waals surface area contributed by atoms with Gasteiger partial charge in [-0.15, -0.1) is 0 Å². The molecule has 0 aromatic carbocycles. The summed E-state index contributed by atoms with van der Waals surface area (Å²) in [7, 11) is 2.88. The maximum atomic E-state index is 12.1. The number of aryl methyl sites for hydroxylation is 1. The molecule has 0 bridgehead atoms. The maximum absolute atomic E-state index is 12.1. The lowest BCUT2D eigenvalue weighted by Gasteiger charge is -2.40. The largest absolute Gasteiger partial charge is 0.376 e. The van der Waals surface area contributed by atoms with Gasteiger partial charge in [0.05, 0.1) is 11.3 Å². The smallest absolute Gasteiger partial charge is 0.273 e. The van der Waals surface area contributed by atoms with Gasteiger partial charge >= 0.3 is 0 Å². The Morgan fingerprint density at radius 1 is 1.55 bits per heavy atom. The fourth-order valence-corrected chi connectivity index (χ4v) is 3.57. The highest BCUT2D eigenvalue weighted by Crippen LogP contribution is 2.34. The third-order valence-electron chi connectivity index (χ3n) is 3.62. The second-order valence-corrected chi connectivity index (χ2v) is 7.39. The zero-order valence-electron chi connectivity index (χ0n) is 11.2. The molecular weight excluding hydrogens is 306 g/mol. The van der Waals surface area contributed by atoms with Crippen molar-refractivity contribution in [2.45, 2.75) is 36.7 Å². The van der Waals surface area contributed by atoms with E-state index in [0.717, 1.165) is 19.3 Å². The van der Waals surface area contributed by atoms with Crippen molar-refractivity contribution in [2.24, 2.45) is 0 Å². The molecule has 1 amide bonds. The number of hydrogen-bond donors (Lipinski definition) is 2. The first-order valence-electron chi connectivity index (χ1n) is 6.12. The molecule has 2 N–H and O–H groups in total. The van der Waals surface area contributed by atoms with Crippen molar-refractivity contribution in [3.05, 3.63) is 11.4 Å². The normalized spacial score (nSPS) is 17.6. The third kappa shape index (κ3) is 2.82. The molecule has 0 aliphatic heterocycles. The Kier molecular flexibility index (Phi) is 4.08. The summed E-state index contributed by atoms with van der Waals surface area (Å²) in [4.78, 5) is 11.8. The van der Waals surface area contributed by atoms with Gasteiger partial charge in [0.1, 0.15) is 4.90 Å². The number of ether oxygens (including phenoxy) is 1. The van der Waals surface area contributed by atoms with Gasteiger partial charge in [-0.3, -0.25) is 9.89 Å². The summed E-state index contributed by atoms with van der Waals surface area (Å²) >= 11 is 0. The number of aromatic amines is 1. The molecule has 1 aromatic rings. The molecule has 0 spiro atoms. The van der Waals surface area contributed by atoms with Gasteiger partial charge < -0.3 is 10.1 Å². The number of rotatable bonds is 5. The van der Waals surface area contributed by atoms with Crippen LogP contribution in [0.2, 0.25) is 0 Å². The second kappa shape index (κ2) is 5.34. The second-order valence-electron chi connectivity index (χ2n) is 4.89. The number of halogens is 1. The average Bonchev–Trinajstić information content (AvgIpc) is 2.70. The van der Waals surface area contributed by atoms with Crippen LogP contribution in [-0.4, -0.2) is 43.8 Å². The molecule has 20 heavy (non-hydrogen) atoms. The molecule has 0 saturated heterocycles. The summed E-state index contributed by atoms with van der Waals surface area (Å²) in [6.07, 6.45) is 2.78. The van der Waals surface area contributed by atoms with Crippen LogP contribution in [0.5, 0.6) is 0 Å². The van der Waals surface area contributed by atoms with Crippen LogP contribution in [0.1, 0.15) is 35.4 Å². The van der Waals surface area contributed by atoms with Crippen molar-refractivity contribution in [1.29, 1.82) is 0 Å². The molecule has 112 valence electrons. The minimum atomic E-state index is -4.03. The lowest BCUT2D eigenvalue weighted by molar-refractivity contribution is -0.0679. The molecule has 2 rings (SSSR count). The van der Waals surface area contributed by atoms with Crippen LogP contribution in [0.15, 0.2) is 4.90 Å². The number of amides is 1. The Labute approximate surface area is 121 Å². The van der Waals surface area contributed by atoms with Crippen molar-refractivity contribution in [1.82, 2.24) is 15.5 Å². The van der Waals surface area contributed by atoms with E-state index >= 15 is 0 Å². The molecule has 1 saturated carbocycles. The molecular formula is C11H16ClN3O4S. The Hall–Kier alpha value is -1.12. The van der Waals surface area contributed by atoms with E-state index in [9.17, 15) is 13.2 Å². The Morgan fingerprint density at radius 3 is 2.65 bits per heavy atom. The van der Waals surface area contributed by atoms with Crippen molar-refractivity contribution in [3.8, 4) is 0 Å². The predicted octanol–water partition coefficient (Wildman–Crippen LogP) is 0.945. The quantitative estimate of drug-likeness (QED) is 0.786. The van der Waals surface area contributed by atoms with Crippen LogP contribution in [0, 0.1) is 6.92 Å². The van der Waals surface area contributed by atoms with Crippen LogP contribution in [0.25, 0.3) is 0 Å².